The molecule has 0 bridgehead atoms. The lowest BCUT2D eigenvalue weighted by atomic mass is 10.2. The molecule has 86 valence electrons. The number of aromatic amines is 1. The molecule has 1 aromatic heterocycles. The minimum Gasteiger partial charge on any atom is -0.355 e. The summed E-state index contributed by atoms with van der Waals surface area (Å²) in [6.07, 6.45) is 4.14. The van der Waals surface area contributed by atoms with Crippen molar-refractivity contribution in [3.05, 3.63) is 72.1 Å². The first kappa shape index (κ1) is 11.1. The van der Waals surface area contributed by atoms with Crippen LogP contribution in [0.2, 0.25) is 0 Å². The Morgan fingerprint density at radius 3 is 1.61 bits per heavy atom. The summed E-state index contributed by atoms with van der Waals surface area (Å²) in [5, 5.41) is 2.61. The monoisotopic (exact) mass is 247 g/mol. The van der Waals surface area contributed by atoms with Gasteiger partial charge in [0.25, 0.3) is 0 Å². The van der Waals surface area contributed by atoms with E-state index in [4.69, 9.17) is 0 Å². The normalized spacial score (nSPS) is 12.9. The third kappa shape index (κ3) is 2.15. The molecule has 0 spiro atoms. The molecule has 1 nitrogen and oxygen atoms in total. The van der Waals surface area contributed by atoms with Gasteiger partial charge in [0.15, 0.2) is 0 Å². The molecule has 0 amide bonds. The number of hydrogen-bond donors (Lipinski definition) is 1. The summed E-state index contributed by atoms with van der Waals surface area (Å²) in [4.78, 5) is 3.38. The van der Waals surface area contributed by atoms with E-state index < -0.39 is 0 Å². The van der Waals surface area contributed by atoms with Crippen molar-refractivity contribution in [1.82, 2.24) is 4.98 Å². The molecule has 18 heavy (non-hydrogen) atoms. The second-order valence-corrected chi connectivity index (χ2v) is 5.10. The molecule has 4 rings (SSSR count). The SMILES string of the molecule is C1=C[Si]C=C1.c1ccc2c(c1)[nH]c1ccccc12. The third-order valence-electron chi connectivity index (χ3n) is 2.91. The molecule has 0 fully saturated rings. The van der Waals surface area contributed by atoms with E-state index in [1.54, 1.807) is 0 Å². The predicted molar refractivity (Wildman–Crippen MR) is 79.8 cm³/mol. The fourth-order valence-electron chi connectivity index (χ4n) is 2.08. The van der Waals surface area contributed by atoms with E-state index in [1.165, 1.54) is 21.8 Å². The maximum Gasteiger partial charge on any atom is 0.101 e. The lowest BCUT2D eigenvalue weighted by molar-refractivity contribution is 1.55. The Labute approximate surface area is 109 Å². The highest BCUT2D eigenvalue weighted by Gasteiger charge is 2.00. The van der Waals surface area contributed by atoms with Crippen molar-refractivity contribution in [2.75, 3.05) is 0 Å². The summed E-state index contributed by atoms with van der Waals surface area (Å²) in [5.74, 6) is 0. The van der Waals surface area contributed by atoms with E-state index in [-0.39, 0.29) is 0 Å². The summed E-state index contributed by atoms with van der Waals surface area (Å²) in [6, 6.07) is 16.8. The van der Waals surface area contributed by atoms with Crippen LogP contribution in [0.25, 0.3) is 21.8 Å². The quantitative estimate of drug-likeness (QED) is 0.577. The van der Waals surface area contributed by atoms with Crippen LogP contribution >= 0.6 is 0 Å². The topological polar surface area (TPSA) is 15.8 Å². The lowest BCUT2D eigenvalue weighted by Gasteiger charge is -1.87. The van der Waals surface area contributed by atoms with Crippen molar-refractivity contribution in [2.24, 2.45) is 0 Å². The van der Waals surface area contributed by atoms with Crippen molar-refractivity contribution >= 4 is 31.3 Å². The number of nitrogens with one attached hydrogen (secondary N) is 1. The van der Waals surface area contributed by atoms with Crippen molar-refractivity contribution in [2.45, 2.75) is 0 Å². The van der Waals surface area contributed by atoms with Gasteiger partial charge in [0.05, 0.1) is 0 Å². The Balaban J connectivity index is 0.000000169. The highest BCUT2D eigenvalue weighted by molar-refractivity contribution is 6.49. The van der Waals surface area contributed by atoms with Gasteiger partial charge in [-0.2, -0.15) is 0 Å². The summed E-state index contributed by atoms with van der Waals surface area (Å²) >= 11 is 0. The molecule has 2 heteroatoms. The predicted octanol–water partition coefficient (Wildman–Crippen LogP) is 4.05. The average Bonchev–Trinajstić information content (AvgIpc) is 3.10. The average molecular weight is 247 g/mol. The molecule has 0 saturated carbocycles. The Morgan fingerprint density at radius 2 is 1.17 bits per heavy atom. The number of rotatable bonds is 0. The zero-order valence-corrected chi connectivity index (χ0v) is 10.9. The Kier molecular flexibility index (Phi) is 3.11. The van der Waals surface area contributed by atoms with Gasteiger partial charge in [-0.05, 0) is 12.1 Å². The first-order valence-corrected chi connectivity index (χ1v) is 7.14. The van der Waals surface area contributed by atoms with Crippen LogP contribution in [-0.2, 0) is 0 Å². The van der Waals surface area contributed by atoms with E-state index in [0.29, 0.717) is 0 Å². The van der Waals surface area contributed by atoms with Gasteiger partial charge in [0, 0.05) is 21.8 Å². The number of hydrogen-bond acceptors (Lipinski definition) is 0. The summed E-state index contributed by atoms with van der Waals surface area (Å²) in [7, 11) is 0.948. The minimum absolute atomic E-state index is 0.948. The fraction of sp³-hybridized carbons (Fsp3) is 0. The highest BCUT2D eigenvalue weighted by Crippen LogP contribution is 2.24. The van der Waals surface area contributed by atoms with Crippen LogP contribution in [0.15, 0.2) is 72.1 Å². The van der Waals surface area contributed by atoms with Crippen molar-refractivity contribution in [3.63, 3.8) is 0 Å². The molecule has 2 heterocycles. The van der Waals surface area contributed by atoms with Crippen LogP contribution in [0, 0.1) is 0 Å². The van der Waals surface area contributed by atoms with E-state index in [0.717, 1.165) is 9.52 Å². The molecular weight excluding hydrogens is 234 g/mol. The molecule has 0 atom stereocenters. The van der Waals surface area contributed by atoms with Gasteiger partial charge in [-0.1, -0.05) is 59.9 Å². The third-order valence-corrected chi connectivity index (χ3v) is 3.68. The first-order valence-electron chi connectivity index (χ1n) is 5.98. The van der Waals surface area contributed by atoms with Gasteiger partial charge in [-0.15, -0.1) is 0 Å². The zero-order valence-electron chi connectivity index (χ0n) is 9.93. The maximum atomic E-state index is 3.38. The summed E-state index contributed by atoms with van der Waals surface area (Å²) < 4.78 is 0. The van der Waals surface area contributed by atoms with Crippen molar-refractivity contribution < 1.29 is 0 Å². The van der Waals surface area contributed by atoms with Gasteiger partial charge in [-0.3, -0.25) is 0 Å². The molecule has 0 saturated heterocycles. The van der Waals surface area contributed by atoms with Gasteiger partial charge < -0.3 is 4.98 Å². The fourth-order valence-corrected chi connectivity index (χ4v) is 2.63. The number of aromatic nitrogens is 1. The van der Waals surface area contributed by atoms with Crippen LogP contribution in [0.3, 0.4) is 0 Å². The highest BCUT2D eigenvalue weighted by atomic mass is 28.2. The summed E-state index contributed by atoms with van der Waals surface area (Å²) in [6.45, 7) is 0. The number of allylic oxidation sites excluding steroid dienone is 2. The van der Waals surface area contributed by atoms with E-state index in [1.807, 2.05) is 0 Å². The number of para-hydroxylation sites is 2. The molecule has 1 N–H and O–H groups in total. The Morgan fingerprint density at radius 1 is 0.667 bits per heavy atom. The second-order valence-electron chi connectivity index (χ2n) is 4.10. The molecular formula is C16H13NSi. The Hall–Kier alpha value is -2.06. The van der Waals surface area contributed by atoms with E-state index in [9.17, 15) is 0 Å². The van der Waals surface area contributed by atoms with Crippen LogP contribution in [0.5, 0.6) is 0 Å². The Bertz CT molecular complexity index is 662. The molecule has 0 aliphatic carbocycles. The van der Waals surface area contributed by atoms with Gasteiger partial charge in [-0.25, -0.2) is 0 Å². The smallest absolute Gasteiger partial charge is 0.101 e. The van der Waals surface area contributed by atoms with Gasteiger partial charge in [0.2, 0.25) is 0 Å². The molecule has 1 aliphatic rings. The molecule has 2 aromatic carbocycles. The largest absolute Gasteiger partial charge is 0.355 e. The lowest BCUT2D eigenvalue weighted by Crippen LogP contribution is -1.63. The van der Waals surface area contributed by atoms with Crippen LogP contribution in [-0.4, -0.2) is 14.5 Å². The van der Waals surface area contributed by atoms with Crippen LogP contribution in [0.1, 0.15) is 0 Å². The molecule has 3 aromatic rings. The first-order chi connectivity index (χ1) is 8.95. The zero-order chi connectivity index (χ0) is 12.2. The second kappa shape index (κ2) is 5.06. The minimum atomic E-state index is 0.948. The van der Waals surface area contributed by atoms with E-state index >= 15 is 0 Å². The van der Waals surface area contributed by atoms with Crippen molar-refractivity contribution in [3.8, 4) is 0 Å². The maximum absolute atomic E-state index is 3.38. The van der Waals surface area contributed by atoms with Gasteiger partial charge >= 0.3 is 0 Å². The standard InChI is InChI=1S/C12H9N.C4H4Si/c1-3-7-11-9(5-1)10-6-2-4-8-12(10)13-11;1-2-4-5-3-1/h1-8,13H;1-4H. The number of fused-ring (bicyclic) bond motifs is 3. The van der Waals surface area contributed by atoms with E-state index in [2.05, 4.69) is 77.1 Å². The summed E-state index contributed by atoms with van der Waals surface area (Å²) in [5.41, 5.74) is 6.73. The van der Waals surface area contributed by atoms with Crippen LogP contribution < -0.4 is 0 Å². The number of H-pyrrole nitrogens is 1. The molecule has 2 radical (unpaired) electrons. The van der Waals surface area contributed by atoms with Crippen LogP contribution in [0.4, 0.5) is 0 Å². The van der Waals surface area contributed by atoms with Crippen molar-refractivity contribution in [1.29, 1.82) is 0 Å². The molecule has 1 aliphatic heterocycles. The molecule has 0 unspecified atom stereocenters. The van der Waals surface area contributed by atoms with Gasteiger partial charge in [0.1, 0.15) is 9.52 Å². The number of benzene rings is 2.